The molecule has 2 N–H and O–H groups in total. The van der Waals surface area contributed by atoms with Gasteiger partial charge in [-0.1, -0.05) is 0 Å². The molecule has 126 valence electrons. The van der Waals surface area contributed by atoms with E-state index in [0.717, 1.165) is 12.0 Å². The average molecular weight is 337 g/mol. The van der Waals surface area contributed by atoms with Gasteiger partial charge in [0.25, 0.3) is 0 Å². The lowest BCUT2D eigenvalue weighted by atomic mass is 10.0. The molecule has 1 aliphatic heterocycles. The minimum atomic E-state index is -0.417. The Balaban J connectivity index is 1.87. The zero-order valence-electron chi connectivity index (χ0n) is 13.3. The fourth-order valence-electron chi connectivity index (χ4n) is 2.70. The second-order valence-electron chi connectivity index (χ2n) is 5.52. The maximum Gasteiger partial charge on any atom is 0.328 e. The Kier molecular flexibility index (Phi) is 4.68. The van der Waals surface area contributed by atoms with E-state index in [1.54, 1.807) is 18.2 Å². The summed E-state index contributed by atoms with van der Waals surface area (Å²) in [6.07, 6.45) is 3.40. The number of amides is 2. The number of carbonyl (C=O) groups excluding carboxylic acids is 2. The predicted octanol–water partition coefficient (Wildman–Crippen LogP) is 1.64. The van der Waals surface area contributed by atoms with E-state index in [0.29, 0.717) is 42.0 Å². The Morgan fingerprint density at radius 2 is 2.32 bits per heavy atom. The average Bonchev–Trinajstić information content (AvgIpc) is 2.66. The molecule has 0 unspecified atom stereocenters. The number of pyridine rings is 2. The zero-order chi connectivity index (χ0) is 17.8. The van der Waals surface area contributed by atoms with Crippen molar-refractivity contribution >= 4 is 24.0 Å². The van der Waals surface area contributed by atoms with Gasteiger partial charge in [-0.15, -0.1) is 0 Å². The molecular weight excluding hydrogens is 322 g/mol. The lowest BCUT2D eigenvalue weighted by Gasteiger charge is -2.29. The van der Waals surface area contributed by atoms with Gasteiger partial charge in [0, 0.05) is 18.3 Å². The third-order valence-corrected chi connectivity index (χ3v) is 3.93. The number of aliphatic hydroxyl groups excluding tert-OH is 1. The number of aliphatic hydroxyl groups is 1. The van der Waals surface area contributed by atoms with Crippen LogP contribution in [0.2, 0.25) is 0 Å². The summed E-state index contributed by atoms with van der Waals surface area (Å²) < 4.78 is 0. The number of urea groups is 1. The first-order valence-electron chi connectivity index (χ1n) is 7.69. The molecule has 8 heteroatoms. The molecule has 0 atom stereocenters. The van der Waals surface area contributed by atoms with Crippen LogP contribution in [0.4, 0.5) is 16.4 Å². The van der Waals surface area contributed by atoms with Crippen molar-refractivity contribution in [2.75, 3.05) is 16.8 Å². The minimum absolute atomic E-state index is 0.123. The first-order chi connectivity index (χ1) is 12.2. The molecule has 2 aromatic rings. The van der Waals surface area contributed by atoms with Gasteiger partial charge in [-0.25, -0.2) is 14.8 Å². The maximum absolute atomic E-state index is 12.6. The summed E-state index contributed by atoms with van der Waals surface area (Å²) >= 11 is 0. The lowest BCUT2D eigenvalue weighted by molar-refractivity contribution is 0.111. The molecule has 0 spiro atoms. The van der Waals surface area contributed by atoms with E-state index in [-0.39, 0.29) is 12.3 Å². The number of nitriles is 1. The Morgan fingerprint density at radius 1 is 1.48 bits per heavy atom. The Hall–Kier alpha value is -3.31. The number of anilines is 2. The Labute approximate surface area is 143 Å². The van der Waals surface area contributed by atoms with Crippen molar-refractivity contribution in [3.8, 4) is 6.07 Å². The third kappa shape index (κ3) is 3.32. The predicted molar refractivity (Wildman–Crippen MR) is 89.2 cm³/mol. The van der Waals surface area contributed by atoms with E-state index < -0.39 is 6.03 Å². The summed E-state index contributed by atoms with van der Waals surface area (Å²) in [7, 11) is 0. The first kappa shape index (κ1) is 16.5. The number of aromatic nitrogens is 2. The summed E-state index contributed by atoms with van der Waals surface area (Å²) in [6, 6.07) is 6.36. The van der Waals surface area contributed by atoms with E-state index in [9.17, 15) is 14.7 Å². The number of carbonyl (C=O) groups is 2. The third-order valence-electron chi connectivity index (χ3n) is 3.93. The molecule has 8 nitrogen and oxygen atoms in total. The van der Waals surface area contributed by atoms with E-state index in [4.69, 9.17) is 5.26 Å². The van der Waals surface area contributed by atoms with E-state index in [1.807, 2.05) is 6.07 Å². The maximum atomic E-state index is 12.6. The van der Waals surface area contributed by atoms with Gasteiger partial charge in [0.15, 0.2) is 6.29 Å². The Bertz CT molecular complexity index is 858. The van der Waals surface area contributed by atoms with Crippen LogP contribution in [0, 0.1) is 11.3 Å². The number of hydrogen-bond donors (Lipinski definition) is 2. The van der Waals surface area contributed by atoms with Crippen LogP contribution < -0.4 is 10.2 Å². The van der Waals surface area contributed by atoms with Crippen LogP contribution in [-0.4, -0.2) is 33.9 Å². The molecule has 1 aliphatic rings. The molecule has 0 aromatic carbocycles. The highest BCUT2D eigenvalue weighted by molar-refractivity contribution is 6.01. The van der Waals surface area contributed by atoms with Crippen LogP contribution in [0.3, 0.4) is 0 Å². The van der Waals surface area contributed by atoms with Crippen molar-refractivity contribution in [1.82, 2.24) is 9.97 Å². The molecule has 0 bridgehead atoms. The summed E-state index contributed by atoms with van der Waals surface area (Å²) in [5, 5.41) is 20.8. The number of hydrogen-bond acceptors (Lipinski definition) is 6. The smallest absolute Gasteiger partial charge is 0.328 e. The van der Waals surface area contributed by atoms with Crippen molar-refractivity contribution in [1.29, 1.82) is 5.26 Å². The number of nitrogens with zero attached hydrogens (tertiary/aromatic N) is 4. The van der Waals surface area contributed by atoms with Crippen LogP contribution in [0.15, 0.2) is 24.4 Å². The first-order valence-corrected chi connectivity index (χ1v) is 7.69. The van der Waals surface area contributed by atoms with Crippen LogP contribution in [0.1, 0.15) is 33.6 Å². The number of fused-ring (bicyclic) bond motifs is 1. The molecule has 0 saturated heterocycles. The topological polar surface area (TPSA) is 119 Å². The molecule has 0 aliphatic carbocycles. The SMILES string of the molecule is N#Cc1ccc(NC(=O)N2CCCc3cc(CO)c(C=O)nc32)nc1. The van der Waals surface area contributed by atoms with Crippen LogP contribution in [0.5, 0.6) is 0 Å². The van der Waals surface area contributed by atoms with Crippen molar-refractivity contribution in [2.24, 2.45) is 0 Å². The summed E-state index contributed by atoms with van der Waals surface area (Å²) in [4.78, 5) is 33.5. The monoisotopic (exact) mass is 337 g/mol. The molecule has 2 aromatic heterocycles. The van der Waals surface area contributed by atoms with Gasteiger partial charge < -0.3 is 5.11 Å². The van der Waals surface area contributed by atoms with E-state index in [2.05, 4.69) is 15.3 Å². The zero-order valence-corrected chi connectivity index (χ0v) is 13.3. The van der Waals surface area contributed by atoms with Crippen molar-refractivity contribution in [2.45, 2.75) is 19.4 Å². The summed E-state index contributed by atoms with van der Waals surface area (Å²) in [6.45, 7) is 0.175. The van der Waals surface area contributed by atoms with Gasteiger partial charge in [-0.05, 0) is 36.6 Å². The van der Waals surface area contributed by atoms with E-state index >= 15 is 0 Å². The highest BCUT2D eigenvalue weighted by Gasteiger charge is 2.26. The van der Waals surface area contributed by atoms with Crippen LogP contribution in [0.25, 0.3) is 0 Å². The molecule has 2 amide bonds. The summed E-state index contributed by atoms with van der Waals surface area (Å²) in [5.41, 5.74) is 1.78. The van der Waals surface area contributed by atoms with Crippen LogP contribution in [-0.2, 0) is 13.0 Å². The quantitative estimate of drug-likeness (QED) is 0.822. The molecule has 25 heavy (non-hydrogen) atoms. The highest BCUT2D eigenvalue weighted by Crippen LogP contribution is 2.27. The van der Waals surface area contributed by atoms with Crippen molar-refractivity contribution < 1.29 is 14.7 Å². The highest BCUT2D eigenvalue weighted by atomic mass is 16.3. The molecule has 0 radical (unpaired) electrons. The second kappa shape index (κ2) is 7.07. The number of rotatable bonds is 3. The number of aryl methyl sites for hydroxylation is 1. The lowest BCUT2D eigenvalue weighted by Crippen LogP contribution is -2.39. The largest absolute Gasteiger partial charge is 0.392 e. The van der Waals surface area contributed by atoms with Gasteiger partial charge >= 0.3 is 6.03 Å². The standard InChI is InChI=1S/C17H15N5O3/c18-7-11-3-4-15(19-8-11)21-17(25)22-5-1-2-12-6-13(9-23)14(10-24)20-16(12)22/h3-4,6,8,10,23H,1-2,5,9H2,(H,19,21,25). The normalized spacial score (nSPS) is 12.9. The molecule has 3 heterocycles. The van der Waals surface area contributed by atoms with Crippen molar-refractivity contribution in [3.63, 3.8) is 0 Å². The number of nitrogens with one attached hydrogen (secondary N) is 1. The van der Waals surface area contributed by atoms with Gasteiger partial charge in [0.1, 0.15) is 23.4 Å². The van der Waals surface area contributed by atoms with Gasteiger partial charge in [-0.3, -0.25) is 15.0 Å². The number of aldehydes is 1. The Morgan fingerprint density at radius 3 is 2.96 bits per heavy atom. The van der Waals surface area contributed by atoms with Gasteiger partial charge in [-0.2, -0.15) is 5.26 Å². The molecule has 0 saturated carbocycles. The molecule has 0 fully saturated rings. The summed E-state index contributed by atoms with van der Waals surface area (Å²) in [5.74, 6) is 0.732. The second-order valence-corrected chi connectivity index (χ2v) is 5.52. The van der Waals surface area contributed by atoms with E-state index in [1.165, 1.54) is 11.1 Å². The minimum Gasteiger partial charge on any atom is -0.392 e. The van der Waals surface area contributed by atoms with Crippen molar-refractivity contribution in [3.05, 3.63) is 46.8 Å². The van der Waals surface area contributed by atoms with Crippen LogP contribution >= 0.6 is 0 Å². The fourth-order valence-corrected chi connectivity index (χ4v) is 2.70. The molecule has 3 rings (SSSR count). The molecular formula is C17H15N5O3. The fraction of sp³-hybridized carbons (Fsp3) is 0.235. The van der Waals surface area contributed by atoms with Gasteiger partial charge in [0.2, 0.25) is 0 Å². The van der Waals surface area contributed by atoms with Gasteiger partial charge in [0.05, 0.1) is 12.2 Å².